The Bertz CT molecular complexity index is 807. The third-order valence-corrected chi connectivity index (χ3v) is 10.1. The van der Waals surface area contributed by atoms with Gasteiger partial charge in [0.15, 0.2) is 0 Å². The van der Waals surface area contributed by atoms with Crippen LogP contribution in [0.1, 0.15) is 87.5 Å². The van der Waals surface area contributed by atoms with E-state index >= 15 is 0 Å². The average molecular weight is 415 g/mol. The molecule has 0 bridgehead atoms. The zero-order valence-corrected chi connectivity index (χ0v) is 20.4. The SMILES string of the molecule is C=C(C)[C@H]1[C@@](C)(C(C)=O)C(C(C)C)=C[C@@]12CCC1C(C)(C(=O)O)CCCC1(C)C2C. The topological polar surface area (TPSA) is 54.4 Å². The molecule has 4 unspecified atom stereocenters. The number of carbonyl (C=O) groups is 2. The minimum Gasteiger partial charge on any atom is -0.481 e. The van der Waals surface area contributed by atoms with Crippen LogP contribution in [-0.4, -0.2) is 16.9 Å². The van der Waals surface area contributed by atoms with Gasteiger partial charge in [0.25, 0.3) is 0 Å². The number of hydrogen-bond donors (Lipinski definition) is 1. The monoisotopic (exact) mass is 414 g/mol. The smallest absolute Gasteiger partial charge is 0.309 e. The van der Waals surface area contributed by atoms with Gasteiger partial charge in [-0.25, -0.2) is 0 Å². The van der Waals surface area contributed by atoms with Gasteiger partial charge in [-0.15, -0.1) is 0 Å². The third kappa shape index (κ3) is 2.76. The number of ketones is 1. The van der Waals surface area contributed by atoms with Crippen molar-refractivity contribution in [2.75, 3.05) is 0 Å². The fourth-order valence-electron chi connectivity index (χ4n) is 8.50. The second-order valence-corrected chi connectivity index (χ2v) is 11.8. The summed E-state index contributed by atoms with van der Waals surface area (Å²) in [4.78, 5) is 25.5. The van der Waals surface area contributed by atoms with Crippen LogP contribution in [0.4, 0.5) is 0 Å². The van der Waals surface area contributed by atoms with Gasteiger partial charge >= 0.3 is 5.97 Å². The Kier molecular flexibility index (Phi) is 5.49. The van der Waals surface area contributed by atoms with Gasteiger partial charge in [0, 0.05) is 5.92 Å². The normalized spacial score (nSPS) is 45.9. The molecule has 7 atom stereocenters. The van der Waals surface area contributed by atoms with Gasteiger partial charge in [0.1, 0.15) is 5.78 Å². The maximum Gasteiger partial charge on any atom is 0.309 e. The molecule has 0 aliphatic heterocycles. The highest BCUT2D eigenvalue weighted by molar-refractivity contribution is 5.87. The van der Waals surface area contributed by atoms with Crippen LogP contribution in [-0.2, 0) is 9.59 Å². The molecule has 3 rings (SSSR count). The van der Waals surface area contributed by atoms with Crippen LogP contribution in [0.5, 0.6) is 0 Å². The Morgan fingerprint density at radius 2 is 1.73 bits per heavy atom. The summed E-state index contributed by atoms with van der Waals surface area (Å²) in [5.74, 6) is 0.420. The molecule has 30 heavy (non-hydrogen) atoms. The van der Waals surface area contributed by atoms with Gasteiger partial charge in [-0.05, 0) is 82.0 Å². The fraction of sp³-hybridized carbons (Fsp3) is 0.778. The van der Waals surface area contributed by atoms with Crippen molar-refractivity contribution in [2.45, 2.75) is 87.5 Å². The number of carboxylic acids is 1. The summed E-state index contributed by atoms with van der Waals surface area (Å²) >= 11 is 0. The molecule has 0 aromatic heterocycles. The molecule has 168 valence electrons. The summed E-state index contributed by atoms with van der Waals surface area (Å²) in [5.41, 5.74) is 0.974. The first-order valence-corrected chi connectivity index (χ1v) is 11.8. The van der Waals surface area contributed by atoms with E-state index in [-0.39, 0.29) is 28.4 Å². The Labute approximate surface area is 183 Å². The van der Waals surface area contributed by atoms with E-state index in [9.17, 15) is 14.7 Å². The van der Waals surface area contributed by atoms with Crippen molar-refractivity contribution < 1.29 is 14.7 Å². The minimum absolute atomic E-state index is 0.0576. The van der Waals surface area contributed by atoms with E-state index in [4.69, 9.17) is 0 Å². The van der Waals surface area contributed by atoms with Crippen molar-refractivity contribution >= 4 is 11.8 Å². The van der Waals surface area contributed by atoms with Crippen LogP contribution in [0, 0.1) is 45.3 Å². The number of carboxylic acid groups (broad SMARTS) is 1. The van der Waals surface area contributed by atoms with Gasteiger partial charge in [0.2, 0.25) is 0 Å². The average Bonchev–Trinajstić information content (AvgIpc) is 2.90. The second kappa shape index (κ2) is 7.07. The molecule has 2 fully saturated rings. The van der Waals surface area contributed by atoms with Gasteiger partial charge in [0.05, 0.1) is 10.8 Å². The molecule has 0 saturated heterocycles. The lowest BCUT2D eigenvalue weighted by Crippen LogP contribution is -2.59. The molecule has 3 heteroatoms. The number of carbonyl (C=O) groups excluding carboxylic acids is 1. The van der Waals surface area contributed by atoms with Gasteiger partial charge in [-0.2, -0.15) is 0 Å². The Morgan fingerprint density at radius 1 is 1.13 bits per heavy atom. The maximum atomic E-state index is 13.1. The molecule has 0 radical (unpaired) electrons. The number of rotatable bonds is 4. The molecular formula is C27H42O3. The summed E-state index contributed by atoms with van der Waals surface area (Å²) in [7, 11) is 0. The van der Waals surface area contributed by atoms with E-state index < -0.39 is 16.8 Å². The van der Waals surface area contributed by atoms with Gasteiger partial charge < -0.3 is 5.11 Å². The van der Waals surface area contributed by atoms with Crippen LogP contribution in [0.25, 0.3) is 0 Å². The van der Waals surface area contributed by atoms with E-state index in [1.807, 2.05) is 6.92 Å². The molecule has 1 spiro atoms. The van der Waals surface area contributed by atoms with Crippen LogP contribution >= 0.6 is 0 Å². The van der Waals surface area contributed by atoms with E-state index in [1.165, 1.54) is 5.57 Å². The molecule has 0 amide bonds. The van der Waals surface area contributed by atoms with Crippen molar-refractivity contribution in [3.05, 3.63) is 23.8 Å². The van der Waals surface area contributed by atoms with Crippen LogP contribution < -0.4 is 0 Å². The lowest BCUT2D eigenvalue weighted by Gasteiger charge is -2.63. The molecule has 0 aromatic rings. The zero-order valence-electron chi connectivity index (χ0n) is 20.4. The molecule has 3 nitrogen and oxygen atoms in total. The Hall–Kier alpha value is -1.38. The number of hydrogen-bond acceptors (Lipinski definition) is 2. The molecular weight excluding hydrogens is 372 g/mol. The van der Waals surface area contributed by atoms with Crippen LogP contribution in [0.2, 0.25) is 0 Å². The highest BCUT2D eigenvalue weighted by atomic mass is 16.4. The largest absolute Gasteiger partial charge is 0.481 e. The van der Waals surface area contributed by atoms with E-state index in [0.29, 0.717) is 11.8 Å². The van der Waals surface area contributed by atoms with Crippen molar-refractivity contribution in [2.24, 2.45) is 45.3 Å². The second-order valence-electron chi connectivity index (χ2n) is 11.8. The molecule has 0 heterocycles. The quantitative estimate of drug-likeness (QED) is 0.522. The number of Topliss-reactive ketones (excluding diaryl/α,β-unsaturated/α-hetero) is 1. The van der Waals surface area contributed by atoms with Crippen molar-refractivity contribution in [3.63, 3.8) is 0 Å². The first-order chi connectivity index (χ1) is 13.7. The summed E-state index contributed by atoms with van der Waals surface area (Å²) in [6, 6.07) is 0. The van der Waals surface area contributed by atoms with E-state index in [0.717, 1.165) is 37.7 Å². The Morgan fingerprint density at radius 3 is 2.20 bits per heavy atom. The lowest BCUT2D eigenvalue weighted by molar-refractivity contribution is -0.176. The summed E-state index contributed by atoms with van der Waals surface area (Å²) < 4.78 is 0. The third-order valence-electron chi connectivity index (χ3n) is 10.1. The number of allylic oxidation sites excluding steroid dienone is 3. The van der Waals surface area contributed by atoms with Crippen molar-refractivity contribution in [3.8, 4) is 0 Å². The number of aliphatic carboxylic acids is 1. The van der Waals surface area contributed by atoms with Crippen LogP contribution in [0.3, 0.4) is 0 Å². The standard InChI is InChI=1S/C27H42O3/c1-16(2)20-15-27(22(17(3)4)26(20,9)19(6)28)14-11-21-24(7,18(27)5)12-10-13-25(21,8)23(29)30/h15-16,18,21-22H,3,10-14H2,1-2,4-9H3,(H,29,30)/t18?,21?,22-,24?,25?,26-,27+/m0/s1. The maximum absolute atomic E-state index is 13.1. The lowest BCUT2D eigenvalue weighted by atomic mass is 9.40. The molecule has 0 aromatic carbocycles. The minimum atomic E-state index is -0.658. The molecule has 1 N–H and O–H groups in total. The zero-order chi connectivity index (χ0) is 22.9. The highest BCUT2D eigenvalue weighted by Gasteiger charge is 2.67. The van der Waals surface area contributed by atoms with Gasteiger partial charge in [-0.3, -0.25) is 9.59 Å². The van der Waals surface area contributed by atoms with Crippen molar-refractivity contribution in [1.82, 2.24) is 0 Å². The van der Waals surface area contributed by atoms with E-state index in [1.54, 1.807) is 6.92 Å². The predicted octanol–water partition coefficient (Wildman–Crippen LogP) is 6.68. The highest BCUT2D eigenvalue weighted by Crippen LogP contribution is 2.72. The first kappa shape index (κ1) is 23.3. The summed E-state index contributed by atoms with van der Waals surface area (Å²) in [6.07, 6.45) is 7.10. The molecule has 3 aliphatic carbocycles. The predicted molar refractivity (Wildman–Crippen MR) is 122 cm³/mol. The van der Waals surface area contributed by atoms with E-state index in [2.05, 4.69) is 54.2 Å². The van der Waals surface area contributed by atoms with Crippen molar-refractivity contribution in [1.29, 1.82) is 0 Å². The number of fused-ring (bicyclic) bond motifs is 1. The summed E-state index contributed by atoms with van der Waals surface area (Å²) in [6.45, 7) is 21.4. The molecule has 3 aliphatic rings. The molecule has 2 saturated carbocycles. The Balaban J connectivity index is 2.20. The fourth-order valence-corrected chi connectivity index (χ4v) is 8.50. The van der Waals surface area contributed by atoms with Gasteiger partial charge in [-0.1, -0.05) is 57.9 Å². The van der Waals surface area contributed by atoms with Crippen LogP contribution in [0.15, 0.2) is 23.8 Å². The summed E-state index contributed by atoms with van der Waals surface area (Å²) in [5, 5.41) is 10.1. The first-order valence-electron chi connectivity index (χ1n) is 11.8.